The number of nitrogens with zero attached hydrogens (tertiary/aromatic N) is 3. The van der Waals surface area contributed by atoms with Crippen LogP contribution in [0.25, 0.3) is 0 Å². The van der Waals surface area contributed by atoms with Crippen LogP contribution < -0.4 is 4.90 Å². The van der Waals surface area contributed by atoms with Gasteiger partial charge in [-0.1, -0.05) is 41.6 Å². The van der Waals surface area contributed by atoms with Gasteiger partial charge in [0.2, 0.25) is 0 Å². The number of aryl methyl sites for hydroxylation is 1. The maximum absolute atomic E-state index is 9.75. The number of hydrogen-bond donors (Lipinski definition) is 1. The van der Waals surface area contributed by atoms with Crippen LogP contribution in [0.3, 0.4) is 0 Å². The van der Waals surface area contributed by atoms with E-state index < -0.39 is 0 Å². The predicted octanol–water partition coefficient (Wildman–Crippen LogP) is 4.63. The molecule has 1 aromatic heterocycles. The largest absolute Gasteiger partial charge is 0.411 e. The number of oxime groups is 1. The van der Waals surface area contributed by atoms with Gasteiger partial charge in [-0.2, -0.15) is 0 Å². The van der Waals surface area contributed by atoms with E-state index in [-0.39, 0.29) is 5.92 Å². The fourth-order valence-corrected chi connectivity index (χ4v) is 4.08. The summed E-state index contributed by atoms with van der Waals surface area (Å²) >= 11 is 0. The van der Waals surface area contributed by atoms with E-state index in [9.17, 15) is 5.21 Å². The number of ether oxygens (including phenoxy) is 1. The molecule has 1 atom stereocenters. The van der Waals surface area contributed by atoms with Crippen LogP contribution in [0.5, 0.6) is 0 Å². The monoisotopic (exact) mass is 401 g/mol. The minimum atomic E-state index is 0.0870. The number of benzene rings is 2. The van der Waals surface area contributed by atoms with E-state index in [0.717, 1.165) is 31.9 Å². The van der Waals surface area contributed by atoms with Gasteiger partial charge in [-0.25, -0.2) is 0 Å². The van der Waals surface area contributed by atoms with E-state index in [1.54, 1.807) is 12.4 Å². The molecule has 2 heterocycles. The Morgan fingerprint density at radius 3 is 2.40 bits per heavy atom. The zero-order valence-corrected chi connectivity index (χ0v) is 17.2. The van der Waals surface area contributed by atoms with Crippen LogP contribution in [0.15, 0.2) is 78.2 Å². The molecule has 1 saturated heterocycles. The van der Waals surface area contributed by atoms with Gasteiger partial charge in [-0.3, -0.25) is 4.98 Å². The van der Waals surface area contributed by atoms with Gasteiger partial charge >= 0.3 is 0 Å². The highest BCUT2D eigenvalue weighted by molar-refractivity contribution is 6.00. The maximum Gasteiger partial charge on any atom is 0.0878 e. The fraction of sp³-hybridized carbons (Fsp3) is 0.280. The van der Waals surface area contributed by atoms with E-state index in [0.29, 0.717) is 12.1 Å². The lowest BCUT2D eigenvalue weighted by molar-refractivity contribution is 0.122. The normalized spacial score (nSPS) is 15.8. The fourth-order valence-electron chi connectivity index (χ4n) is 4.08. The smallest absolute Gasteiger partial charge is 0.0878 e. The third kappa shape index (κ3) is 4.52. The topological polar surface area (TPSA) is 58.0 Å². The summed E-state index contributed by atoms with van der Waals surface area (Å²) in [6.07, 6.45) is 4.04. The van der Waals surface area contributed by atoms with Crippen LogP contribution in [0, 0.1) is 6.92 Å². The van der Waals surface area contributed by atoms with Crippen molar-refractivity contribution < 1.29 is 9.94 Å². The molecule has 30 heavy (non-hydrogen) atoms. The summed E-state index contributed by atoms with van der Waals surface area (Å²) in [5.74, 6) is 0.0870. The Morgan fingerprint density at radius 1 is 1.03 bits per heavy atom. The molecule has 4 rings (SSSR count). The molecule has 0 amide bonds. The molecule has 1 fully saturated rings. The first kappa shape index (κ1) is 20.1. The standard InChI is InChI=1S/C25H27N3O2/c1-19-4-2-3-5-23(19)24(18-25(27-29)21-10-12-26-13-11-21)20-6-8-22(9-7-20)28-14-16-30-17-15-28/h2-13,24,29H,14-18H2,1H3. The van der Waals surface area contributed by atoms with Crippen molar-refractivity contribution >= 4 is 11.4 Å². The Kier molecular flexibility index (Phi) is 6.40. The van der Waals surface area contributed by atoms with Gasteiger partial charge in [0.25, 0.3) is 0 Å². The maximum atomic E-state index is 9.75. The quantitative estimate of drug-likeness (QED) is 0.372. The van der Waals surface area contributed by atoms with Crippen LogP contribution in [0.4, 0.5) is 5.69 Å². The third-order valence-electron chi connectivity index (χ3n) is 5.77. The summed E-state index contributed by atoms with van der Waals surface area (Å²) in [5.41, 5.74) is 6.44. The summed E-state index contributed by atoms with van der Waals surface area (Å²) < 4.78 is 5.47. The Bertz CT molecular complexity index is 981. The van der Waals surface area contributed by atoms with Gasteiger partial charge in [0, 0.05) is 49.1 Å². The average molecular weight is 402 g/mol. The molecule has 1 N–H and O–H groups in total. The molecule has 0 saturated carbocycles. The van der Waals surface area contributed by atoms with Crippen LogP contribution >= 0.6 is 0 Å². The number of morpholine rings is 1. The summed E-state index contributed by atoms with van der Waals surface area (Å²) in [6.45, 7) is 5.52. The van der Waals surface area contributed by atoms with Crippen LogP contribution in [-0.2, 0) is 4.74 Å². The van der Waals surface area contributed by atoms with Crippen molar-refractivity contribution in [2.24, 2.45) is 5.16 Å². The lowest BCUT2D eigenvalue weighted by Gasteiger charge is -2.29. The Labute approximate surface area is 177 Å². The summed E-state index contributed by atoms with van der Waals surface area (Å²) in [5, 5.41) is 13.4. The SMILES string of the molecule is Cc1ccccc1C(CC(=NO)c1ccncc1)c1ccc(N2CCOCC2)cc1. The summed E-state index contributed by atoms with van der Waals surface area (Å²) in [6, 6.07) is 21.0. The molecule has 5 nitrogen and oxygen atoms in total. The first-order chi connectivity index (χ1) is 14.8. The molecule has 2 aromatic carbocycles. The zero-order chi connectivity index (χ0) is 20.8. The third-order valence-corrected chi connectivity index (χ3v) is 5.77. The van der Waals surface area contributed by atoms with E-state index in [1.165, 1.54) is 22.4 Å². The first-order valence-corrected chi connectivity index (χ1v) is 10.4. The highest BCUT2D eigenvalue weighted by atomic mass is 16.5. The molecule has 1 aliphatic rings. The second kappa shape index (κ2) is 9.55. The lowest BCUT2D eigenvalue weighted by atomic mass is 9.83. The molecular formula is C25H27N3O2. The summed E-state index contributed by atoms with van der Waals surface area (Å²) in [4.78, 5) is 6.43. The highest BCUT2D eigenvalue weighted by Crippen LogP contribution is 2.33. The van der Waals surface area contributed by atoms with Crippen molar-refractivity contribution in [2.75, 3.05) is 31.2 Å². The van der Waals surface area contributed by atoms with E-state index in [4.69, 9.17) is 4.74 Å². The molecule has 0 radical (unpaired) electrons. The number of anilines is 1. The van der Waals surface area contributed by atoms with E-state index in [2.05, 4.69) is 70.5 Å². The Hall–Kier alpha value is -3.18. The Morgan fingerprint density at radius 2 is 1.73 bits per heavy atom. The van der Waals surface area contributed by atoms with Crippen LogP contribution in [-0.4, -0.2) is 42.2 Å². The second-order valence-corrected chi connectivity index (χ2v) is 7.59. The van der Waals surface area contributed by atoms with Gasteiger partial charge in [-0.05, 0) is 47.9 Å². The van der Waals surface area contributed by atoms with Crippen molar-refractivity contribution in [1.82, 2.24) is 4.98 Å². The van der Waals surface area contributed by atoms with Crippen molar-refractivity contribution in [3.05, 3.63) is 95.3 Å². The predicted molar refractivity (Wildman–Crippen MR) is 120 cm³/mol. The molecule has 1 unspecified atom stereocenters. The highest BCUT2D eigenvalue weighted by Gasteiger charge is 2.21. The van der Waals surface area contributed by atoms with Gasteiger partial charge in [0.15, 0.2) is 0 Å². The zero-order valence-electron chi connectivity index (χ0n) is 17.2. The first-order valence-electron chi connectivity index (χ1n) is 10.4. The van der Waals surface area contributed by atoms with E-state index in [1.807, 2.05) is 12.1 Å². The van der Waals surface area contributed by atoms with Crippen molar-refractivity contribution in [2.45, 2.75) is 19.3 Å². The Balaban J connectivity index is 1.66. The average Bonchev–Trinajstić information content (AvgIpc) is 2.82. The molecule has 0 spiro atoms. The molecule has 1 aliphatic heterocycles. The number of rotatable bonds is 6. The van der Waals surface area contributed by atoms with Crippen molar-refractivity contribution in [3.63, 3.8) is 0 Å². The molecule has 0 bridgehead atoms. The van der Waals surface area contributed by atoms with Crippen molar-refractivity contribution in [3.8, 4) is 0 Å². The number of pyridine rings is 1. The molecule has 154 valence electrons. The lowest BCUT2D eigenvalue weighted by Crippen LogP contribution is -2.36. The minimum Gasteiger partial charge on any atom is -0.411 e. The molecular weight excluding hydrogens is 374 g/mol. The van der Waals surface area contributed by atoms with Gasteiger partial charge in [0.05, 0.1) is 18.9 Å². The van der Waals surface area contributed by atoms with Gasteiger partial charge < -0.3 is 14.8 Å². The molecule has 5 heteroatoms. The van der Waals surface area contributed by atoms with Gasteiger partial charge in [-0.15, -0.1) is 0 Å². The van der Waals surface area contributed by atoms with Crippen molar-refractivity contribution in [1.29, 1.82) is 0 Å². The minimum absolute atomic E-state index is 0.0870. The van der Waals surface area contributed by atoms with E-state index >= 15 is 0 Å². The summed E-state index contributed by atoms with van der Waals surface area (Å²) in [7, 11) is 0. The van der Waals surface area contributed by atoms with Crippen LogP contribution in [0.2, 0.25) is 0 Å². The number of hydrogen-bond acceptors (Lipinski definition) is 5. The van der Waals surface area contributed by atoms with Crippen LogP contribution in [0.1, 0.15) is 34.6 Å². The van der Waals surface area contributed by atoms with Gasteiger partial charge in [0.1, 0.15) is 0 Å². The molecule has 0 aliphatic carbocycles. The molecule has 3 aromatic rings. The number of aromatic nitrogens is 1. The second-order valence-electron chi connectivity index (χ2n) is 7.59.